The zero-order valence-corrected chi connectivity index (χ0v) is 10.5. The molecule has 1 amide bonds. The second kappa shape index (κ2) is 6.19. The van der Waals surface area contributed by atoms with Gasteiger partial charge in [-0.25, -0.2) is 0 Å². The first-order valence-electron chi connectivity index (χ1n) is 6.19. The summed E-state index contributed by atoms with van der Waals surface area (Å²) in [5, 5.41) is 14.4. The first-order chi connectivity index (χ1) is 9.20. The fourth-order valence-corrected chi connectivity index (χ4v) is 2.08. The van der Waals surface area contributed by atoms with Crippen molar-refractivity contribution in [3.63, 3.8) is 0 Å². The van der Waals surface area contributed by atoms with E-state index in [1.54, 1.807) is 24.3 Å². The minimum atomic E-state index is -0.134. The Morgan fingerprint density at radius 2 is 2.32 bits per heavy atom. The van der Waals surface area contributed by atoms with Crippen molar-refractivity contribution < 1.29 is 14.7 Å². The number of anilines is 1. The standard InChI is InChI=1S/C13H17N3O3/c14-13(16-18)10-5-1-2-6-11(10)15-12(17)8-9-4-3-7-19-9/h1-2,5-6,9,18H,3-4,7-8H2,(H2,14,16)(H,15,17). The molecule has 1 aliphatic rings. The van der Waals surface area contributed by atoms with Crippen LogP contribution >= 0.6 is 0 Å². The van der Waals surface area contributed by atoms with E-state index in [4.69, 9.17) is 15.7 Å². The third-order valence-corrected chi connectivity index (χ3v) is 3.02. The number of carbonyl (C=O) groups excluding carboxylic acids is 1. The third-order valence-electron chi connectivity index (χ3n) is 3.02. The average molecular weight is 263 g/mol. The number of hydrogen-bond acceptors (Lipinski definition) is 4. The number of nitrogens with one attached hydrogen (secondary N) is 1. The number of benzene rings is 1. The number of hydrogen-bond donors (Lipinski definition) is 3. The van der Waals surface area contributed by atoms with Gasteiger partial charge in [-0.05, 0) is 25.0 Å². The number of oxime groups is 1. The number of rotatable bonds is 4. The van der Waals surface area contributed by atoms with Crippen LogP contribution in [0.1, 0.15) is 24.8 Å². The van der Waals surface area contributed by atoms with Gasteiger partial charge < -0.3 is 21.0 Å². The third kappa shape index (κ3) is 3.45. The number of ether oxygens (including phenoxy) is 1. The molecular weight excluding hydrogens is 246 g/mol. The van der Waals surface area contributed by atoms with Crippen LogP contribution in [0.5, 0.6) is 0 Å². The molecule has 0 aromatic heterocycles. The number of para-hydroxylation sites is 1. The van der Waals surface area contributed by atoms with E-state index in [0.29, 0.717) is 17.7 Å². The molecule has 0 bridgehead atoms. The number of nitrogens with zero attached hydrogens (tertiary/aromatic N) is 1. The van der Waals surface area contributed by atoms with Gasteiger partial charge in [0.2, 0.25) is 5.91 Å². The van der Waals surface area contributed by atoms with Gasteiger partial charge in [0.05, 0.1) is 18.2 Å². The molecule has 0 saturated carbocycles. The van der Waals surface area contributed by atoms with Crippen molar-refractivity contribution in [1.82, 2.24) is 0 Å². The largest absolute Gasteiger partial charge is 0.409 e. The summed E-state index contributed by atoms with van der Waals surface area (Å²) in [6, 6.07) is 6.91. The van der Waals surface area contributed by atoms with Gasteiger partial charge in [0.25, 0.3) is 0 Å². The first-order valence-corrected chi connectivity index (χ1v) is 6.19. The lowest BCUT2D eigenvalue weighted by molar-refractivity contribution is -0.118. The van der Waals surface area contributed by atoms with Crippen LogP contribution in [0, 0.1) is 0 Å². The fourth-order valence-electron chi connectivity index (χ4n) is 2.08. The molecule has 1 atom stereocenters. The summed E-state index contributed by atoms with van der Waals surface area (Å²) in [5.41, 5.74) is 6.58. The Bertz CT molecular complexity index is 482. The van der Waals surface area contributed by atoms with E-state index in [1.807, 2.05) is 0 Å². The number of carbonyl (C=O) groups is 1. The summed E-state index contributed by atoms with van der Waals surface area (Å²) in [6.45, 7) is 0.721. The van der Waals surface area contributed by atoms with Crippen molar-refractivity contribution in [3.8, 4) is 0 Å². The number of amidine groups is 1. The van der Waals surface area contributed by atoms with Gasteiger partial charge in [-0.3, -0.25) is 4.79 Å². The maximum atomic E-state index is 11.9. The van der Waals surface area contributed by atoms with Crippen LogP contribution in [0.4, 0.5) is 5.69 Å². The highest BCUT2D eigenvalue weighted by Crippen LogP contribution is 2.18. The minimum absolute atomic E-state index is 0.00369. The molecule has 0 spiro atoms. The molecule has 102 valence electrons. The van der Waals surface area contributed by atoms with E-state index in [9.17, 15) is 4.79 Å². The van der Waals surface area contributed by atoms with Crippen LogP contribution in [-0.2, 0) is 9.53 Å². The lowest BCUT2D eigenvalue weighted by Crippen LogP contribution is -2.22. The zero-order valence-electron chi connectivity index (χ0n) is 10.5. The van der Waals surface area contributed by atoms with Crippen molar-refractivity contribution >= 4 is 17.4 Å². The molecule has 19 heavy (non-hydrogen) atoms. The van der Waals surface area contributed by atoms with Crippen molar-refractivity contribution in [1.29, 1.82) is 0 Å². The Labute approximate surface area is 111 Å². The Hall–Kier alpha value is -2.08. The smallest absolute Gasteiger partial charge is 0.227 e. The Morgan fingerprint density at radius 3 is 3.00 bits per heavy atom. The highest BCUT2D eigenvalue weighted by Gasteiger charge is 2.19. The average Bonchev–Trinajstić information content (AvgIpc) is 2.91. The molecule has 1 saturated heterocycles. The molecule has 1 unspecified atom stereocenters. The van der Waals surface area contributed by atoms with E-state index in [1.165, 1.54) is 0 Å². The van der Waals surface area contributed by atoms with E-state index >= 15 is 0 Å². The normalized spacial score (nSPS) is 19.4. The Balaban J connectivity index is 2.03. The summed E-state index contributed by atoms with van der Waals surface area (Å²) in [7, 11) is 0. The quantitative estimate of drug-likeness (QED) is 0.330. The SMILES string of the molecule is NC(=NO)c1ccccc1NC(=O)CC1CCCO1. The van der Waals surface area contributed by atoms with Crippen LogP contribution in [-0.4, -0.2) is 29.7 Å². The molecule has 1 aliphatic heterocycles. The van der Waals surface area contributed by atoms with Crippen LogP contribution in [0.15, 0.2) is 29.4 Å². The first kappa shape index (κ1) is 13.4. The summed E-state index contributed by atoms with van der Waals surface area (Å²) < 4.78 is 5.41. The molecule has 1 aromatic rings. The highest BCUT2D eigenvalue weighted by atomic mass is 16.5. The highest BCUT2D eigenvalue weighted by molar-refractivity contribution is 6.05. The molecule has 0 radical (unpaired) electrons. The van der Waals surface area contributed by atoms with Crippen LogP contribution < -0.4 is 11.1 Å². The Kier molecular flexibility index (Phi) is 4.35. The Morgan fingerprint density at radius 1 is 1.53 bits per heavy atom. The second-order valence-electron chi connectivity index (χ2n) is 4.42. The van der Waals surface area contributed by atoms with Crippen LogP contribution in [0.25, 0.3) is 0 Å². The van der Waals surface area contributed by atoms with Crippen molar-refractivity contribution in [2.24, 2.45) is 10.9 Å². The van der Waals surface area contributed by atoms with E-state index in [0.717, 1.165) is 19.4 Å². The van der Waals surface area contributed by atoms with Gasteiger partial charge in [0.15, 0.2) is 5.84 Å². The van der Waals surface area contributed by atoms with Crippen LogP contribution in [0.2, 0.25) is 0 Å². The maximum Gasteiger partial charge on any atom is 0.227 e. The summed E-state index contributed by atoms with van der Waals surface area (Å²) in [4.78, 5) is 11.9. The fraction of sp³-hybridized carbons (Fsp3) is 0.385. The number of nitrogens with two attached hydrogens (primary N) is 1. The van der Waals surface area contributed by atoms with Gasteiger partial charge in [-0.2, -0.15) is 0 Å². The minimum Gasteiger partial charge on any atom is -0.409 e. The second-order valence-corrected chi connectivity index (χ2v) is 4.42. The van der Waals surface area contributed by atoms with Crippen molar-refractivity contribution in [3.05, 3.63) is 29.8 Å². The van der Waals surface area contributed by atoms with Gasteiger partial charge in [-0.15, -0.1) is 0 Å². The molecule has 6 nitrogen and oxygen atoms in total. The molecule has 1 aromatic carbocycles. The monoisotopic (exact) mass is 263 g/mol. The lowest BCUT2D eigenvalue weighted by atomic mass is 10.1. The maximum absolute atomic E-state index is 11.9. The van der Waals surface area contributed by atoms with Gasteiger partial charge in [0, 0.05) is 12.2 Å². The molecule has 4 N–H and O–H groups in total. The molecule has 6 heteroatoms. The van der Waals surface area contributed by atoms with Gasteiger partial charge in [-0.1, -0.05) is 17.3 Å². The van der Waals surface area contributed by atoms with Crippen molar-refractivity contribution in [2.75, 3.05) is 11.9 Å². The topological polar surface area (TPSA) is 96.9 Å². The van der Waals surface area contributed by atoms with Crippen molar-refractivity contribution in [2.45, 2.75) is 25.4 Å². The summed E-state index contributed by atoms with van der Waals surface area (Å²) >= 11 is 0. The zero-order chi connectivity index (χ0) is 13.7. The molecule has 2 rings (SSSR count). The molecule has 1 heterocycles. The van der Waals surface area contributed by atoms with Gasteiger partial charge >= 0.3 is 0 Å². The van der Waals surface area contributed by atoms with E-state index in [2.05, 4.69) is 10.5 Å². The summed E-state index contributed by atoms with van der Waals surface area (Å²) in [6.07, 6.45) is 2.23. The predicted molar refractivity (Wildman–Crippen MR) is 71.2 cm³/mol. The number of amides is 1. The lowest BCUT2D eigenvalue weighted by Gasteiger charge is -2.12. The molecular formula is C13H17N3O3. The van der Waals surface area contributed by atoms with E-state index in [-0.39, 0.29) is 17.8 Å². The summed E-state index contributed by atoms with van der Waals surface area (Å²) in [5.74, 6) is -0.168. The van der Waals surface area contributed by atoms with Gasteiger partial charge in [0.1, 0.15) is 0 Å². The molecule has 1 fully saturated rings. The van der Waals surface area contributed by atoms with E-state index < -0.39 is 0 Å². The van der Waals surface area contributed by atoms with Crippen LogP contribution in [0.3, 0.4) is 0 Å². The molecule has 0 aliphatic carbocycles. The predicted octanol–water partition coefficient (Wildman–Crippen LogP) is 1.29.